The van der Waals surface area contributed by atoms with Gasteiger partial charge in [-0.2, -0.15) is 13.2 Å². The third-order valence-corrected chi connectivity index (χ3v) is 2.28. The van der Waals surface area contributed by atoms with Crippen molar-refractivity contribution in [2.75, 3.05) is 14.1 Å². The molecule has 0 aromatic heterocycles. The Morgan fingerprint density at radius 2 is 2.05 bits per heavy atom. The van der Waals surface area contributed by atoms with Gasteiger partial charge in [-0.25, -0.2) is 0 Å². The van der Waals surface area contributed by atoms with Gasteiger partial charge in [0.05, 0.1) is 5.56 Å². The highest BCUT2D eigenvalue weighted by molar-refractivity contribution is 5.95. The highest BCUT2D eigenvalue weighted by Gasteiger charge is 2.34. The van der Waals surface area contributed by atoms with E-state index in [1.807, 2.05) is 0 Å². The Hall–Kier alpha value is -2.05. The maximum atomic E-state index is 12.9. The molecular weight excluding hydrogens is 261 g/mol. The fraction of sp³-hybridized carbons (Fsp3) is 0.364. The van der Waals surface area contributed by atoms with Gasteiger partial charge in [0, 0.05) is 17.0 Å². The highest BCUT2D eigenvalue weighted by Crippen LogP contribution is 2.33. The van der Waals surface area contributed by atoms with Gasteiger partial charge < -0.3 is 4.90 Å². The lowest BCUT2D eigenvalue weighted by molar-refractivity contribution is -0.138. The normalized spacial score (nSPS) is 11.3. The third kappa shape index (κ3) is 3.97. The molecule has 5 nitrogen and oxygen atoms in total. The van der Waals surface area contributed by atoms with Gasteiger partial charge in [-0.1, -0.05) is 12.1 Å². The van der Waals surface area contributed by atoms with Crippen molar-refractivity contribution in [2.45, 2.75) is 12.7 Å². The molecular formula is C11H11F3N4O. The lowest BCUT2D eigenvalue weighted by Gasteiger charge is -2.16. The van der Waals surface area contributed by atoms with Crippen molar-refractivity contribution < 1.29 is 18.0 Å². The van der Waals surface area contributed by atoms with E-state index in [1.54, 1.807) is 19.0 Å². The van der Waals surface area contributed by atoms with Gasteiger partial charge in [-0.15, -0.1) is 0 Å². The van der Waals surface area contributed by atoms with Crippen molar-refractivity contribution in [1.29, 1.82) is 0 Å². The maximum absolute atomic E-state index is 12.9. The molecule has 0 atom stereocenters. The van der Waals surface area contributed by atoms with Crippen LogP contribution < -0.4 is 0 Å². The number of azide groups is 1. The smallest absolute Gasteiger partial charge is 0.305 e. The summed E-state index contributed by atoms with van der Waals surface area (Å²) in [5, 5.41) is 2.77. The molecule has 1 aromatic carbocycles. The van der Waals surface area contributed by atoms with Crippen LogP contribution in [0.5, 0.6) is 0 Å². The van der Waals surface area contributed by atoms with E-state index in [2.05, 4.69) is 10.0 Å². The van der Waals surface area contributed by atoms with Gasteiger partial charge in [0.25, 0.3) is 0 Å². The average Bonchev–Trinajstić information content (AvgIpc) is 2.27. The van der Waals surface area contributed by atoms with Gasteiger partial charge in [0.1, 0.15) is 0 Å². The fourth-order valence-electron chi connectivity index (χ4n) is 1.55. The monoisotopic (exact) mass is 272 g/mol. The van der Waals surface area contributed by atoms with Crippen LogP contribution in [0.15, 0.2) is 23.3 Å². The Morgan fingerprint density at radius 3 is 2.53 bits per heavy atom. The van der Waals surface area contributed by atoms with Crippen LogP contribution in [0.1, 0.15) is 21.5 Å². The molecule has 1 amide bonds. The van der Waals surface area contributed by atoms with E-state index in [4.69, 9.17) is 5.53 Å². The predicted molar refractivity (Wildman–Crippen MR) is 62.3 cm³/mol. The minimum Gasteiger partial charge on any atom is -0.305 e. The summed E-state index contributed by atoms with van der Waals surface area (Å²) in [7, 11) is 3.28. The van der Waals surface area contributed by atoms with Crippen molar-refractivity contribution in [3.63, 3.8) is 0 Å². The van der Waals surface area contributed by atoms with E-state index in [-0.39, 0.29) is 17.7 Å². The van der Waals surface area contributed by atoms with Gasteiger partial charge in [-0.3, -0.25) is 4.79 Å². The second kappa shape index (κ2) is 5.73. The number of nitrogens with zero attached hydrogens (tertiary/aromatic N) is 4. The summed E-state index contributed by atoms with van der Waals surface area (Å²) in [6.07, 6.45) is -4.57. The van der Waals surface area contributed by atoms with E-state index in [1.165, 1.54) is 12.1 Å². The molecule has 1 rings (SSSR count). The number of halogens is 3. The number of benzene rings is 1. The first-order valence-electron chi connectivity index (χ1n) is 5.20. The molecule has 0 saturated carbocycles. The van der Waals surface area contributed by atoms with Crippen LogP contribution in [0, 0.1) is 0 Å². The second-order valence-electron chi connectivity index (χ2n) is 4.10. The molecule has 8 heteroatoms. The molecule has 0 radical (unpaired) electrons. The number of alkyl halides is 3. The molecule has 0 aliphatic heterocycles. The molecule has 0 bridgehead atoms. The molecule has 0 spiro atoms. The summed E-state index contributed by atoms with van der Waals surface area (Å²) in [5.74, 6) is -1.04. The van der Waals surface area contributed by atoms with Crippen LogP contribution in [0.25, 0.3) is 10.4 Å². The molecule has 0 aliphatic rings. The largest absolute Gasteiger partial charge is 0.416 e. The SMILES string of the molecule is CN(C)Cc1ccc(C(=O)N=[N+]=[N-])cc1C(F)(F)F. The van der Waals surface area contributed by atoms with Crippen LogP contribution in [-0.4, -0.2) is 24.9 Å². The summed E-state index contributed by atoms with van der Waals surface area (Å²) >= 11 is 0. The Labute approximate surface area is 107 Å². The van der Waals surface area contributed by atoms with Crippen molar-refractivity contribution in [3.05, 3.63) is 45.3 Å². The summed E-state index contributed by atoms with van der Waals surface area (Å²) < 4.78 is 38.7. The lowest BCUT2D eigenvalue weighted by atomic mass is 10.0. The first-order valence-corrected chi connectivity index (χ1v) is 5.20. The lowest BCUT2D eigenvalue weighted by Crippen LogP contribution is -2.17. The van der Waals surface area contributed by atoms with Crippen LogP contribution in [0.2, 0.25) is 0 Å². The molecule has 102 valence electrons. The molecule has 0 fully saturated rings. The Bertz CT molecular complexity index is 533. The van der Waals surface area contributed by atoms with Crippen molar-refractivity contribution in [3.8, 4) is 0 Å². The quantitative estimate of drug-likeness (QED) is 0.481. The number of hydrogen-bond donors (Lipinski definition) is 0. The minimum absolute atomic E-state index is 0.0509. The standard InChI is InChI=1S/C11H11F3N4O/c1-18(2)6-8-4-3-7(10(19)16-17-15)5-9(8)11(12,13)14/h3-5H,6H2,1-2H3. The van der Waals surface area contributed by atoms with E-state index in [9.17, 15) is 18.0 Å². The number of hydrogen-bond acceptors (Lipinski definition) is 2. The number of carbonyl (C=O) groups excluding carboxylic acids is 1. The summed E-state index contributed by atoms with van der Waals surface area (Å²) in [5.41, 5.74) is 6.97. The average molecular weight is 272 g/mol. The Morgan fingerprint density at radius 1 is 1.42 bits per heavy atom. The zero-order valence-corrected chi connectivity index (χ0v) is 10.3. The molecule has 0 heterocycles. The number of carbonyl (C=O) groups is 1. The molecule has 0 aliphatic carbocycles. The molecule has 1 aromatic rings. The van der Waals surface area contributed by atoms with E-state index < -0.39 is 17.6 Å². The minimum atomic E-state index is -4.57. The first kappa shape index (κ1) is 15.0. The van der Waals surface area contributed by atoms with Crippen LogP contribution >= 0.6 is 0 Å². The molecule has 0 N–H and O–H groups in total. The third-order valence-electron chi connectivity index (χ3n) is 2.28. The topological polar surface area (TPSA) is 69.1 Å². The maximum Gasteiger partial charge on any atom is 0.416 e. The van der Waals surface area contributed by atoms with Crippen LogP contribution in [0.4, 0.5) is 13.2 Å². The van der Waals surface area contributed by atoms with Gasteiger partial charge >= 0.3 is 6.18 Å². The van der Waals surface area contributed by atoms with Gasteiger partial charge in [-0.05, 0) is 36.4 Å². The Balaban J connectivity index is 3.30. The predicted octanol–water partition coefficient (Wildman–Crippen LogP) is 3.22. The second-order valence-corrected chi connectivity index (χ2v) is 4.10. The zero-order valence-electron chi connectivity index (χ0n) is 10.3. The van der Waals surface area contributed by atoms with E-state index in [0.29, 0.717) is 6.07 Å². The Kier molecular flexibility index (Phi) is 4.52. The fourth-order valence-corrected chi connectivity index (χ4v) is 1.55. The van der Waals surface area contributed by atoms with E-state index in [0.717, 1.165) is 0 Å². The van der Waals surface area contributed by atoms with Gasteiger partial charge in [0.2, 0.25) is 5.91 Å². The molecule has 19 heavy (non-hydrogen) atoms. The number of amides is 1. The zero-order chi connectivity index (χ0) is 14.6. The van der Waals surface area contributed by atoms with Gasteiger partial charge in [0.15, 0.2) is 0 Å². The molecule has 0 saturated heterocycles. The van der Waals surface area contributed by atoms with Crippen molar-refractivity contribution >= 4 is 5.91 Å². The van der Waals surface area contributed by atoms with E-state index >= 15 is 0 Å². The van der Waals surface area contributed by atoms with Crippen LogP contribution in [-0.2, 0) is 12.7 Å². The highest BCUT2D eigenvalue weighted by atomic mass is 19.4. The summed E-state index contributed by atoms with van der Waals surface area (Å²) in [6, 6.07) is 3.13. The first-order chi connectivity index (χ1) is 8.75. The van der Waals surface area contributed by atoms with Crippen molar-refractivity contribution in [1.82, 2.24) is 4.90 Å². The summed E-state index contributed by atoms with van der Waals surface area (Å²) in [6.45, 7) is 0.0881. The van der Waals surface area contributed by atoms with Crippen LogP contribution in [0.3, 0.4) is 0 Å². The summed E-state index contributed by atoms with van der Waals surface area (Å²) in [4.78, 5) is 15.1. The molecule has 0 unspecified atom stereocenters. The number of rotatable bonds is 3. The van der Waals surface area contributed by atoms with Crippen molar-refractivity contribution in [2.24, 2.45) is 5.11 Å².